The first-order chi connectivity index (χ1) is 10.3. The Bertz CT molecular complexity index is 576. The van der Waals surface area contributed by atoms with Crippen LogP contribution in [0.1, 0.15) is 43.1 Å². The van der Waals surface area contributed by atoms with Crippen molar-refractivity contribution in [1.29, 1.82) is 0 Å². The van der Waals surface area contributed by atoms with Crippen molar-refractivity contribution in [2.45, 2.75) is 39.2 Å². The van der Waals surface area contributed by atoms with Gasteiger partial charge in [-0.3, -0.25) is 9.69 Å². The Morgan fingerprint density at radius 2 is 2.05 bits per heavy atom. The molecule has 1 aromatic carbocycles. The fourth-order valence-electron chi connectivity index (χ4n) is 2.54. The topological polar surface area (TPSA) is 58.6 Å². The summed E-state index contributed by atoms with van der Waals surface area (Å²) in [4.78, 5) is 26.0. The number of anilines is 1. The summed E-state index contributed by atoms with van der Waals surface area (Å²) in [5, 5.41) is 2.86. The highest BCUT2D eigenvalue weighted by molar-refractivity contribution is 5.99. The van der Waals surface area contributed by atoms with Crippen LogP contribution < -0.4 is 10.2 Å². The Hall–Kier alpha value is -1.88. The van der Waals surface area contributed by atoms with Gasteiger partial charge in [-0.2, -0.15) is 0 Å². The van der Waals surface area contributed by atoms with E-state index in [-0.39, 0.29) is 11.9 Å². The number of Topliss-reactive ketones (excluding diaryl/α,β-unsaturated/α-hetero) is 1. The zero-order valence-electron chi connectivity index (χ0n) is 13.7. The SMILES string of the molecule is CNCC(=O)c1ccc2c(c1)CCCN2C(=O)OC(C)(C)C. The highest BCUT2D eigenvalue weighted by Gasteiger charge is 2.27. The molecule has 1 aromatic rings. The van der Waals surface area contributed by atoms with Crippen LogP contribution in [0.5, 0.6) is 0 Å². The molecule has 0 saturated heterocycles. The number of ether oxygens (including phenoxy) is 1. The smallest absolute Gasteiger partial charge is 0.414 e. The number of fused-ring (bicyclic) bond motifs is 1. The lowest BCUT2D eigenvalue weighted by Gasteiger charge is -2.31. The second-order valence-corrected chi connectivity index (χ2v) is 6.53. The Labute approximate surface area is 131 Å². The molecule has 0 radical (unpaired) electrons. The lowest BCUT2D eigenvalue weighted by molar-refractivity contribution is 0.0577. The highest BCUT2D eigenvalue weighted by Crippen LogP contribution is 2.29. The van der Waals surface area contributed by atoms with Crippen molar-refractivity contribution >= 4 is 17.6 Å². The Kier molecular flexibility index (Phi) is 4.86. The summed E-state index contributed by atoms with van der Waals surface area (Å²) in [5.41, 5.74) is 2.04. The molecule has 0 fully saturated rings. The van der Waals surface area contributed by atoms with Crippen LogP contribution in [-0.4, -0.2) is 37.6 Å². The van der Waals surface area contributed by atoms with Gasteiger partial charge in [0.25, 0.3) is 0 Å². The van der Waals surface area contributed by atoms with Crippen LogP contribution in [0, 0.1) is 0 Å². The molecule has 2 rings (SSSR count). The van der Waals surface area contributed by atoms with E-state index >= 15 is 0 Å². The molecule has 120 valence electrons. The molecule has 0 saturated carbocycles. The van der Waals surface area contributed by atoms with Gasteiger partial charge in [0, 0.05) is 12.1 Å². The molecular formula is C17H24N2O3. The summed E-state index contributed by atoms with van der Waals surface area (Å²) >= 11 is 0. The van der Waals surface area contributed by atoms with Crippen molar-refractivity contribution in [3.63, 3.8) is 0 Å². The molecule has 1 aliphatic rings. The minimum Gasteiger partial charge on any atom is -0.443 e. The molecule has 0 aliphatic carbocycles. The summed E-state index contributed by atoms with van der Waals surface area (Å²) in [5.74, 6) is 0.0553. The van der Waals surface area contributed by atoms with Crippen molar-refractivity contribution in [3.8, 4) is 0 Å². The molecule has 1 aliphatic heterocycles. The molecule has 5 heteroatoms. The number of likely N-dealkylation sites (N-methyl/N-ethyl adjacent to an activating group) is 1. The number of nitrogens with zero attached hydrogens (tertiary/aromatic N) is 1. The minimum atomic E-state index is -0.516. The van der Waals surface area contributed by atoms with E-state index in [4.69, 9.17) is 4.74 Å². The average molecular weight is 304 g/mol. The van der Waals surface area contributed by atoms with Crippen LogP contribution in [0.15, 0.2) is 18.2 Å². The predicted octanol–water partition coefficient (Wildman–Crippen LogP) is 2.78. The molecule has 1 amide bonds. The molecule has 0 unspecified atom stereocenters. The highest BCUT2D eigenvalue weighted by atomic mass is 16.6. The zero-order valence-corrected chi connectivity index (χ0v) is 13.7. The van der Waals surface area contributed by atoms with E-state index in [9.17, 15) is 9.59 Å². The molecule has 0 aromatic heterocycles. The number of amides is 1. The quantitative estimate of drug-likeness (QED) is 0.872. The summed E-state index contributed by atoms with van der Waals surface area (Å²) in [6.45, 7) is 6.53. The van der Waals surface area contributed by atoms with Gasteiger partial charge in [0.15, 0.2) is 5.78 Å². The van der Waals surface area contributed by atoms with Gasteiger partial charge in [-0.1, -0.05) is 0 Å². The molecule has 0 bridgehead atoms. The van der Waals surface area contributed by atoms with E-state index in [2.05, 4.69) is 5.32 Å². The predicted molar refractivity (Wildman–Crippen MR) is 86.6 cm³/mol. The Morgan fingerprint density at radius 3 is 2.68 bits per heavy atom. The van der Waals surface area contributed by atoms with E-state index in [0.29, 0.717) is 18.7 Å². The van der Waals surface area contributed by atoms with Gasteiger partial charge >= 0.3 is 6.09 Å². The maximum absolute atomic E-state index is 12.3. The van der Waals surface area contributed by atoms with Crippen molar-refractivity contribution in [1.82, 2.24) is 5.32 Å². The van der Waals surface area contributed by atoms with Gasteiger partial charge in [-0.05, 0) is 64.4 Å². The molecule has 1 N–H and O–H groups in total. The Morgan fingerprint density at radius 1 is 1.32 bits per heavy atom. The Balaban J connectivity index is 2.24. The number of benzene rings is 1. The first kappa shape index (κ1) is 16.5. The first-order valence-electron chi connectivity index (χ1n) is 7.63. The molecular weight excluding hydrogens is 280 g/mol. The van der Waals surface area contributed by atoms with E-state index in [1.165, 1.54) is 0 Å². The summed E-state index contributed by atoms with van der Waals surface area (Å²) < 4.78 is 5.46. The molecule has 22 heavy (non-hydrogen) atoms. The van der Waals surface area contributed by atoms with Crippen LogP contribution in [0.4, 0.5) is 10.5 Å². The molecule has 0 atom stereocenters. The van der Waals surface area contributed by atoms with Crippen molar-refractivity contribution in [2.24, 2.45) is 0 Å². The number of rotatable bonds is 3. The number of hydrogen-bond donors (Lipinski definition) is 1. The first-order valence-corrected chi connectivity index (χ1v) is 7.63. The number of carbonyl (C=O) groups excluding carboxylic acids is 2. The van der Waals surface area contributed by atoms with Crippen molar-refractivity contribution in [3.05, 3.63) is 29.3 Å². The maximum Gasteiger partial charge on any atom is 0.414 e. The standard InChI is InChI=1S/C17H24N2O3/c1-17(2,3)22-16(21)19-9-5-6-12-10-13(7-8-14(12)19)15(20)11-18-4/h7-8,10,18H,5-6,9,11H2,1-4H3. The monoisotopic (exact) mass is 304 g/mol. The molecule has 1 heterocycles. The van der Waals surface area contributed by atoms with Crippen LogP contribution in [0.2, 0.25) is 0 Å². The molecule has 5 nitrogen and oxygen atoms in total. The third kappa shape index (κ3) is 3.85. The van der Waals surface area contributed by atoms with Crippen LogP contribution in [-0.2, 0) is 11.2 Å². The number of ketones is 1. The lowest BCUT2D eigenvalue weighted by atomic mass is 9.98. The van der Waals surface area contributed by atoms with Crippen LogP contribution in [0.3, 0.4) is 0 Å². The maximum atomic E-state index is 12.3. The number of aryl methyl sites for hydroxylation is 1. The van der Waals surface area contributed by atoms with E-state index in [0.717, 1.165) is 24.1 Å². The van der Waals surface area contributed by atoms with Gasteiger partial charge in [0.1, 0.15) is 5.60 Å². The largest absolute Gasteiger partial charge is 0.443 e. The van der Waals surface area contributed by atoms with E-state index in [1.807, 2.05) is 32.9 Å². The average Bonchev–Trinajstić information content (AvgIpc) is 2.44. The fraction of sp³-hybridized carbons (Fsp3) is 0.529. The van der Waals surface area contributed by atoms with Gasteiger partial charge in [-0.15, -0.1) is 0 Å². The molecule has 0 spiro atoms. The normalized spacial score (nSPS) is 14.5. The third-order valence-corrected chi connectivity index (χ3v) is 3.47. The number of nitrogens with one attached hydrogen (secondary N) is 1. The van der Waals surface area contributed by atoms with Crippen LogP contribution in [0.25, 0.3) is 0 Å². The van der Waals surface area contributed by atoms with Gasteiger partial charge < -0.3 is 10.1 Å². The summed E-state index contributed by atoms with van der Waals surface area (Å²) in [7, 11) is 1.75. The van der Waals surface area contributed by atoms with Gasteiger partial charge in [0.2, 0.25) is 0 Å². The van der Waals surface area contributed by atoms with Gasteiger partial charge in [0.05, 0.1) is 12.2 Å². The number of carbonyl (C=O) groups is 2. The van der Waals surface area contributed by atoms with E-state index in [1.54, 1.807) is 18.0 Å². The van der Waals surface area contributed by atoms with Crippen molar-refractivity contribution in [2.75, 3.05) is 25.0 Å². The second kappa shape index (κ2) is 6.48. The zero-order chi connectivity index (χ0) is 16.3. The third-order valence-electron chi connectivity index (χ3n) is 3.47. The minimum absolute atomic E-state index is 0.0553. The van der Waals surface area contributed by atoms with E-state index < -0.39 is 5.60 Å². The van der Waals surface area contributed by atoms with Crippen molar-refractivity contribution < 1.29 is 14.3 Å². The summed E-state index contributed by atoms with van der Waals surface area (Å²) in [6.07, 6.45) is 1.41. The summed E-state index contributed by atoms with van der Waals surface area (Å²) in [6, 6.07) is 5.52. The van der Waals surface area contributed by atoms with Crippen LogP contribution >= 0.6 is 0 Å². The number of hydrogen-bond acceptors (Lipinski definition) is 4. The second-order valence-electron chi connectivity index (χ2n) is 6.53. The fourth-order valence-corrected chi connectivity index (χ4v) is 2.54. The van der Waals surface area contributed by atoms with Gasteiger partial charge in [-0.25, -0.2) is 4.79 Å². The lowest BCUT2D eigenvalue weighted by Crippen LogP contribution is -2.39.